The predicted octanol–water partition coefficient (Wildman–Crippen LogP) is 2.87. The fraction of sp³-hybridized carbons (Fsp3) is 0.158. The molecule has 2 aromatic carbocycles. The number of hydrogen-bond donors (Lipinski definition) is 2. The van der Waals surface area contributed by atoms with Crippen LogP contribution >= 0.6 is 0 Å². The van der Waals surface area contributed by atoms with Gasteiger partial charge in [0.1, 0.15) is 18.1 Å². The number of rotatable bonds is 5. The number of carbonyl (C=O) groups is 1. The second-order valence-corrected chi connectivity index (χ2v) is 5.45. The van der Waals surface area contributed by atoms with Crippen molar-refractivity contribution in [1.82, 2.24) is 0 Å². The average Bonchev–Trinajstić information content (AvgIpc) is 2.61. The number of phenols is 1. The van der Waals surface area contributed by atoms with Crippen molar-refractivity contribution in [2.75, 3.05) is 26.1 Å². The molecular weight excluding hydrogens is 320 g/mol. The number of benzene rings is 2. The molecule has 1 aliphatic rings. The summed E-state index contributed by atoms with van der Waals surface area (Å²) in [6.45, 7) is 0.982. The maximum Gasteiger partial charge on any atom is 0.188 e. The number of allylic oxidation sites excluding steroid dienone is 2. The molecule has 0 radical (unpaired) electrons. The standard InChI is InChI=1S/C19H18N2O4/c1-24-10-11-25-13-4-2-12(3-5-13)21-15-7-9-16(22)18-14(20)6-8-17(23)19(15)18/h2-9,23H,10-11,20H2,1H3. The first kappa shape index (κ1) is 16.7. The van der Waals surface area contributed by atoms with Crippen LogP contribution in [0.5, 0.6) is 11.5 Å². The van der Waals surface area contributed by atoms with Gasteiger partial charge in [0.2, 0.25) is 0 Å². The number of carbonyl (C=O) groups excluding carboxylic acids is 1. The summed E-state index contributed by atoms with van der Waals surface area (Å²) in [5.74, 6) is 0.437. The highest BCUT2D eigenvalue weighted by atomic mass is 16.5. The lowest BCUT2D eigenvalue weighted by Crippen LogP contribution is -2.15. The van der Waals surface area contributed by atoms with Crippen LogP contribution < -0.4 is 10.5 Å². The number of aromatic hydroxyl groups is 1. The van der Waals surface area contributed by atoms with Crippen LogP contribution in [0.15, 0.2) is 53.5 Å². The molecule has 6 nitrogen and oxygen atoms in total. The largest absolute Gasteiger partial charge is 0.507 e. The molecule has 0 bridgehead atoms. The Balaban J connectivity index is 1.91. The number of aliphatic imine (C=N–C) groups is 1. The number of fused-ring (bicyclic) bond motifs is 1. The number of ether oxygens (including phenoxy) is 2. The summed E-state index contributed by atoms with van der Waals surface area (Å²) in [6, 6.07) is 10.2. The van der Waals surface area contributed by atoms with E-state index in [0.29, 0.717) is 41.6 Å². The number of nitrogen functional groups attached to an aromatic ring is 1. The molecule has 0 atom stereocenters. The number of nitrogens with zero attached hydrogens (tertiary/aromatic N) is 1. The quantitative estimate of drug-likeness (QED) is 0.497. The summed E-state index contributed by atoms with van der Waals surface area (Å²) in [4.78, 5) is 16.6. The highest BCUT2D eigenvalue weighted by Crippen LogP contribution is 2.32. The highest BCUT2D eigenvalue weighted by molar-refractivity contribution is 6.27. The fourth-order valence-corrected chi connectivity index (χ4v) is 2.55. The first-order valence-corrected chi connectivity index (χ1v) is 7.75. The Morgan fingerprint density at radius 3 is 2.52 bits per heavy atom. The van der Waals surface area contributed by atoms with Gasteiger partial charge in [-0.2, -0.15) is 0 Å². The first-order chi connectivity index (χ1) is 12.1. The van der Waals surface area contributed by atoms with Crippen molar-refractivity contribution >= 4 is 22.9 Å². The normalized spacial score (nSPS) is 14.6. The third kappa shape index (κ3) is 3.54. The monoisotopic (exact) mass is 338 g/mol. The summed E-state index contributed by atoms with van der Waals surface area (Å²) in [5.41, 5.74) is 7.98. The van der Waals surface area contributed by atoms with Gasteiger partial charge < -0.3 is 20.3 Å². The van der Waals surface area contributed by atoms with Crippen LogP contribution in [-0.4, -0.2) is 36.9 Å². The summed E-state index contributed by atoms with van der Waals surface area (Å²) in [6.07, 6.45) is 2.98. The number of nitrogens with two attached hydrogens (primary N) is 1. The molecule has 0 amide bonds. The molecule has 0 spiro atoms. The van der Waals surface area contributed by atoms with Gasteiger partial charge in [0.05, 0.1) is 29.1 Å². The lowest BCUT2D eigenvalue weighted by Gasteiger charge is -2.16. The van der Waals surface area contributed by atoms with E-state index >= 15 is 0 Å². The van der Waals surface area contributed by atoms with Crippen molar-refractivity contribution in [3.63, 3.8) is 0 Å². The van der Waals surface area contributed by atoms with Crippen molar-refractivity contribution < 1.29 is 19.4 Å². The molecule has 0 saturated heterocycles. The van der Waals surface area contributed by atoms with E-state index < -0.39 is 0 Å². The Hall–Kier alpha value is -3.12. The third-order valence-corrected chi connectivity index (χ3v) is 3.75. The summed E-state index contributed by atoms with van der Waals surface area (Å²) >= 11 is 0. The molecule has 0 fully saturated rings. The molecular formula is C19H18N2O4. The zero-order valence-electron chi connectivity index (χ0n) is 13.7. The molecule has 128 valence electrons. The number of methoxy groups -OCH3 is 1. The first-order valence-electron chi connectivity index (χ1n) is 7.75. The van der Waals surface area contributed by atoms with E-state index in [1.54, 1.807) is 37.5 Å². The molecule has 3 rings (SSSR count). The number of ketones is 1. The Morgan fingerprint density at radius 2 is 1.80 bits per heavy atom. The molecule has 1 aliphatic carbocycles. The van der Waals surface area contributed by atoms with Crippen molar-refractivity contribution in [2.45, 2.75) is 0 Å². The number of hydrogen-bond acceptors (Lipinski definition) is 6. The Morgan fingerprint density at radius 1 is 1.04 bits per heavy atom. The lowest BCUT2D eigenvalue weighted by atomic mass is 9.92. The smallest absolute Gasteiger partial charge is 0.188 e. The van der Waals surface area contributed by atoms with E-state index in [1.807, 2.05) is 0 Å². The minimum absolute atomic E-state index is 0.0276. The molecule has 0 aliphatic heterocycles. The van der Waals surface area contributed by atoms with E-state index in [4.69, 9.17) is 15.2 Å². The summed E-state index contributed by atoms with van der Waals surface area (Å²) in [7, 11) is 1.62. The average molecular weight is 338 g/mol. The van der Waals surface area contributed by atoms with E-state index in [9.17, 15) is 9.90 Å². The predicted molar refractivity (Wildman–Crippen MR) is 96.0 cm³/mol. The molecule has 25 heavy (non-hydrogen) atoms. The van der Waals surface area contributed by atoms with Crippen molar-refractivity contribution in [3.05, 3.63) is 59.7 Å². The molecule has 6 heteroatoms. The number of phenolic OH excluding ortho intramolecular Hbond substituents is 1. The van der Waals surface area contributed by atoms with Crippen LogP contribution in [0.3, 0.4) is 0 Å². The zero-order valence-corrected chi connectivity index (χ0v) is 13.7. The van der Waals surface area contributed by atoms with Crippen LogP contribution in [0.1, 0.15) is 15.9 Å². The minimum atomic E-state index is -0.246. The van der Waals surface area contributed by atoms with Crippen LogP contribution in [0.25, 0.3) is 0 Å². The molecule has 0 unspecified atom stereocenters. The van der Waals surface area contributed by atoms with E-state index in [1.165, 1.54) is 18.2 Å². The molecule has 0 saturated carbocycles. The fourth-order valence-electron chi connectivity index (χ4n) is 2.55. The molecule has 3 N–H and O–H groups in total. The SMILES string of the molecule is COCCOc1ccc(N=C2C=CC(=O)c3c(N)ccc(O)c32)cc1. The van der Waals surface area contributed by atoms with Gasteiger partial charge >= 0.3 is 0 Å². The summed E-state index contributed by atoms with van der Waals surface area (Å²) in [5, 5.41) is 10.2. The van der Waals surface area contributed by atoms with Gasteiger partial charge in [-0.05, 0) is 48.6 Å². The van der Waals surface area contributed by atoms with E-state index in [-0.39, 0.29) is 17.1 Å². The van der Waals surface area contributed by atoms with Crippen LogP contribution in [0, 0.1) is 0 Å². The summed E-state index contributed by atoms with van der Waals surface area (Å²) < 4.78 is 10.4. The van der Waals surface area contributed by atoms with Crippen molar-refractivity contribution in [2.24, 2.45) is 4.99 Å². The van der Waals surface area contributed by atoms with Crippen LogP contribution in [0.2, 0.25) is 0 Å². The van der Waals surface area contributed by atoms with Crippen LogP contribution in [-0.2, 0) is 4.74 Å². The van der Waals surface area contributed by atoms with Crippen molar-refractivity contribution in [3.8, 4) is 11.5 Å². The Labute approximate surface area is 145 Å². The maximum atomic E-state index is 12.1. The molecule has 2 aromatic rings. The second-order valence-electron chi connectivity index (χ2n) is 5.45. The topological polar surface area (TPSA) is 94.1 Å². The van der Waals surface area contributed by atoms with Crippen molar-refractivity contribution in [1.29, 1.82) is 0 Å². The van der Waals surface area contributed by atoms with E-state index in [0.717, 1.165) is 0 Å². The third-order valence-electron chi connectivity index (χ3n) is 3.75. The zero-order chi connectivity index (χ0) is 17.8. The van der Waals surface area contributed by atoms with Gasteiger partial charge in [0, 0.05) is 12.8 Å². The minimum Gasteiger partial charge on any atom is -0.507 e. The van der Waals surface area contributed by atoms with Gasteiger partial charge in [-0.1, -0.05) is 0 Å². The van der Waals surface area contributed by atoms with Gasteiger partial charge in [0.15, 0.2) is 5.78 Å². The van der Waals surface area contributed by atoms with Crippen LogP contribution in [0.4, 0.5) is 11.4 Å². The Kier molecular flexibility index (Phi) is 4.81. The lowest BCUT2D eigenvalue weighted by molar-refractivity contribution is 0.104. The Bertz CT molecular complexity index is 854. The number of anilines is 1. The molecule has 0 aromatic heterocycles. The van der Waals surface area contributed by atoms with Gasteiger partial charge in [0.25, 0.3) is 0 Å². The van der Waals surface area contributed by atoms with Gasteiger partial charge in [-0.15, -0.1) is 0 Å². The maximum absolute atomic E-state index is 12.1. The molecule has 0 heterocycles. The van der Waals surface area contributed by atoms with Gasteiger partial charge in [-0.25, -0.2) is 4.99 Å². The second kappa shape index (κ2) is 7.19. The highest BCUT2D eigenvalue weighted by Gasteiger charge is 2.23. The van der Waals surface area contributed by atoms with E-state index in [2.05, 4.69) is 4.99 Å². The van der Waals surface area contributed by atoms with Gasteiger partial charge in [-0.3, -0.25) is 4.79 Å².